The Bertz CT molecular complexity index is 891. The van der Waals surface area contributed by atoms with Crippen LogP contribution in [0.1, 0.15) is 28.4 Å². The Morgan fingerprint density at radius 2 is 2.09 bits per heavy atom. The number of anilines is 2. The van der Waals surface area contributed by atoms with Gasteiger partial charge in [0.2, 0.25) is 5.95 Å². The number of aromatic carboxylic acids is 1. The molecule has 2 aromatic carbocycles. The molecule has 0 aliphatic heterocycles. The van der Waals surface area contributed by atoms with Gasteiger partial charge in [-0.25, -0.2) is 14.8 Å². The molecule has 0 aliphatic rings. The number of hydrogen-bond donors (Lipinski definition) is 2. The zero-order chi connectivity index (χ0) is 16.4. The SMILES string of the molecule is CCc1cccc2cnc(Nc3cc(C(=O)O)ccc3C)nc12. The summed E-state index contributed by atoms with van der Waals surface area (Å²) < 4.78 is 0. The van der Waals surface area contributed by atoms with Crippen molar-refractivity contribution in [3.05, 3.63) is 59.3 Å². The molecule has 116 valence electrons. The number of carboxylic acids is 1. The summed E-state index contributed by atoms with van der Waals surface area (Å²) in [6.07, 6.45) is 2.67. The molecule has 1 heterocycles. The molecule has 0 fully saturated rings. The number of hydrogen-bond acceptors (Lipinski definition) is 4. The zero-order valence-corrected chi connectivity index (χ0v) is 13.0. The van der Waals surface area contributed by atoms with Gasteiger partial charge in [-0.15, -0.1) is 0 Å². The minimum absolute atomic E-state index is 0.230. The highest BCUT2D eigenvalue weighted by atomic mass is 16.4. The average molecular weight is 307 g/mol. The molecule has 3 aromatic rings. The standard InChI is InChI=1S/C18H17N3O2/c1-3-12-5-4-6-14-10-19-18(21-16(12)14)20-15-9-13(17(22)23)8-7-11(15)2/h4-10H,3H2,1-2H3,(H,22,23)(H,19,20,21). The van der Waals surface area contributed by atoms with Gasteiger partial charge in [-0.2, -0.15) is 0 Å². The number of nitrogens with zero attached hydrogens (tertiary/aromatic N) is 2. The van der Waals surface area contributed by atoms with E-state index >= 15 is 0 Å². The van der Waals surface area contributed by atoms with Crippen LogP contribution in [0.15, 0.2) is 42.6 Å². The molecule has 1 aromatic heterocycles. The maximum absolute atomic E-state index is 11.1. The Labute approximate surface area is 134 Å². The maximum Gasteiger partial charge on any atom is 0.335 e. The van der Waals surface area contributed by atoms with Crippen LogP contribution in [-0.4, -0.2) is 21.0 Å². The van der Waals surface area contributed by atoms with Crippen molar-refractivity contribution in [2.75, 3.05) is 5.32 Å². The van der Waals surface area contributed by atoms with Crippen LogP contribution in [-0.2, 0) is 6.42 Å². The first-order valence-electron chi connectivity index (χ1n) is 7.44. The fourth-order valence-electron chi connectivity index (χ4n) is 2.47. The van der Waals surface area contributed by atoms with Crippen molar-refractivity contribution in [3.63, 3.8) is 0 Å². The van der Waals surface area contributed by atoms with Gasteiger partial charge in [-0.1, -0.05) is 31.2 Å². The summed E-state index contributed by atoms with van der Waals surface area (Å²) in [6, 6.07) is 11.0. The second-order valence-electron chi connectivity index (χ2n) is 5.36. The van der Waals surface area contributed by atoms with Gasteiger partial charge < -0.3 is 10.4 Å². The summed E-state index contributed by atoms with van der Waals surface area (Å²) >= 11 is 0. The molecule has 0 radical (unpaired) electrons. The third kappa shape index (κ3) is 2.99. The van der Waals surface area contributed by atoms with E-state index in [4.69, 9.17) is 5.11 Å². The van der Waals surface area contributed by atoms with Gasteiger partial charge in [0, 0.05) is 17.3 Å². The summed E-state index contributed by atoms with van der Waals surface area (Å²) in [6.45, 7) is 4.00. The fourth-order valence-corrected chi connectivity index (χ4v) is 2.47. The van der Waals surface area contributed by atoms with Crippen molar-refractivity contribution in [2.45, 2.75) is 20.3 Å². The van der Waals surface area contributed by atoms with Crippen LogP contribution in [0.25, 0.3) is 10.9 Å². The number of carboxylic acid groups (broad SMARTS) is 1. The lowest BCUT2D eigenvalue weighted by Gasteiger charge is -2.10. The van der Waals surface area contributed by atoms with E-state index < -0.39 is 5.97 Å². The summed E-state index contributed by atoms with van der Waals surface area (Å²) in [5.74, 6) is -0.496. The number of para-hydroxylation sites is 1. The molecule has 0 saturated heterocycles. The molecule has 0 unspecified atom stereocenters. The van der Waals surface area contributed by atoms with E-state index in [9.17, 15) is 4.79 Å². The Kier molecular flexibility index (Phi) is 3.93. The zero-order valence-electron chi connectivity index (χ0n) is 13.0. The molecule has 5 nitrogen and oxygen atoms in total. The van der Waals surface area contributed by atoms with Crippen LogP contribution in [0.2, 0.25) is 0 Å². The van der Waals surface area contributed by atoms with Gasteiger partial charge in [-0.05, 0) is 36.6 Å². The molecular weight excluding hydrogens is 290 g/mol. The Morgan fingerprint density at radius 3 is 2.83 bits per heavy atom. The quantitative estimate of drug-likeness (QED) is 0.763. The third-order valence-corrected chi connectivity index (χ3v) is 3.81. The van der Waals surface area contributed by atoms with Crippen molar-refractivity contribution in [3.8, 4) is 0 Å². The smallest absolute Gasteiger partial charge is 0.335 e. The predicted molar refractivity (Wildman–Crippen MR) is 90.3 cm³/mol. The van der Waals surface area contributed by atoms with Crippen LogP contribution in [0, 0.1) is 6.92 Å². The number of aromatic nitrogens is 2. The number of fused-ring (bicyclic) bond motifs is 1. The first kappa shape index (κ1) is 15.0. The van der Waals surface area contributed by atoms with E-state index in [0.717, 1.165) is 28.5 Å². The number of rotatable bonds is 4. The molecule has 0 saturated carbocycles. The Balaban J connectivity index is 2.02. The Morgan fingerprint density at radius 1 is 1.26 bits per heavy atom. The van der Waals surface area contributed by atoms with Gasteiger partial charge in [-0.3, -0.25) is 0 Å². The molecule has 0 spiro atoms. The topological polar surface area (TPSA) is 75.1 Å². The van der Waals surface area contributed by atoms with E-state index in [1.54, 1.807) is 24.4 Å². The number of aryl methyl sites for hydroxylation is 2. The number of benzene rings is 2. The van der Waals surface area contributed by atoms with Crippen molar-refractivity contribution in [2.24, 2.45) is 0 Å². The van der Waals surface area contributed by atoms with E-state index in [1.165, 1.54) is 0 Å². The van der Waals surface area contributed by atoms with Crippen LogP contribution < -0.4 is 5.32 Å². The average Bonchev–Trinajstić information content (AvgIpc) is 2.56. The van der Waals surface area contributed by atoms with Crippen LogP contribution in [0.5, 0.6) is 0 Å². The highest BCUT2D eigenvalue weighted by Gasteiger charge is 2.09. The van der Waals surface area contributed by atoms with Gasteiger partial charge in [0.25, 0.3) is 0 Å². The van der Waals surface area contributed by atoms with Gasteiger partial charge in [0.1, 0.15) is 0 Å². The maximum atomic E-state index is 11.1. The van der Waals surface area contributed by atoms with E-state index in [-0.39, 0.29) is 5.56 Å². The normalized spacial score (nSPS) is 10.7. The molecule has 2 N–H and O–H groups in total. The molecule has 5 heteroatoms. The number of carbonyl (C=O) groups is 1. The molecule has 0 aliphatic carbocycles. The highest BCUT2D eigenvalue weighted by molar-refractivity contribution is 5.89. The number of nitrogens with one attached hydrogen (secondary N) is 1. The third-order valence-electron chi connectivity index (χ3n) is 3.81. The lowest BCUT2D eigenvalue weighted by molar-refractivity contribution is 0.0697. The molecule has 0 bridgehead atoms. The van der Waals surface area contributed by atoms with Gasteiger partial charge in [0.05, 0.1) is 11.1 Å². The molecular formula is C18H17N3O2. The lowest BCUT2D eigenvalue weighted by Crippen LogP contribution is -2.02. The van der Waals surface area contributed by atoms with Gasteiger partial charge >= 0.3 is 5.97 Å². The van der Waals surface area contributed by atoms with Crippen molar-refractivity contribution in [1.82, 2.24) is 9.97 Å². The van der Waals surface area contributed by atoms with Crippen LogP contribution >= 0.6 is 0 Å². The highest BCUT2D eigenvalue weighted by Crippen LogP contribution is 2.23. The van der Waals surface area contributed by atoms with E-state index in [0.29, 0.717) is 11.6 Å². The van der Waals surface area contributed by atoms with Gasteiger partial charge in [0.15, 0.2) is 0 Å². The Hall–Kier alpha value is -2.95. The largest absolute Gasteiger partial charge is 0.478 e. The second-order valence-corrected chi connectivity index (χ2v) is 5.36. The summed E-state index contributed by atoms with van der Waals surface area (Å²) in [5.41, 5.74) is 3.93. The van der Waals surface area contributed by atoms with Crippen molar-refractivity contribution in [1.29, 1.82) is 0 Å². The molecule has 0 atom stereocenters. The molecule has 0 amide bonds. The van der Waals surface area contributed by atoms with Crippen LogP contribution in [0.4, 0.5) is 11.6 Å². The molecule has 3 rings (SSSR count). The first-order valence-corrected chi connectivity index (χ1v) is 7.44. The fraction of sp³-hybridized carbons (Fsp3) is 0.167. The summed E-state index contributed by atoms with van der Waals surface area (Å²) in [7, 11) is 0. The monoisotopic (exact) mass is 307 g/mol. The first-order chi connectivity index (χ1) is 11.1. The summed E-state index contributed by atoms with van der Waals surface area (Å²) in [5, 5.41) is 13.2. The van der Waals surface area contributed by atoms with Crippen LogP contribution in [0.3, 0.4) is 0 Å². The molecule has 23 heavy (non-hydrogen) atoms. The van der Waals surface area contributed by atoms with E-state index in [1.807, 2.05) is 19.1 Å². The van der Waals surface area contributed by atoms with Crippen molar-refractivity contribution >= 4 is 28.5 Å². The predicted octanol–water partition coefficient (Wildman–Crippen LogP) is 3.94. The summed E-state index contributed by atoms with van der Waals surface area (Å²) in [4.78, 5) is 20.0. The van der Waals surface area contributed by atoms with Crippen molar-refractivity contribution < 1.29 is 9.90 Å². The minimum atomic E-state index is -0.958. The lowest BCUT2D eigenvalue weighted by atomic mass is 10.1. The minimum Gasteiger partial charge on any atom is -0.478 e. The van der Waals surface area contributed by atoms with E-state index in [2.05, 4.69) is 28.3 Å². The second kappa shape index (κ2) is 6.04.